The van der Waals surface area contributed by atoms with Gasteiger partial charge >= 0.3 is 0 Å². The summed E-state index contributed by atoms with van der Waals surface area (Å²) in [6.45, 7) is 5.53. The molecule has 0 aliphatic rings. The van der Waals surface area contributed by atoms with Gasteiger partial charge in [-0.25, -0.2) is 0 Å². The molecule has 0 spiro atoms. The van der Waals surface area contributed by atoms with Crippen LogP contribution in [0.3, 0.4) is 0 Å². The summed E-state index contributed by atoms with van der Waals surface area (Å²) >= 11 is 1.71. The zero-order chi connectivity index (χ0) is 14.1. The lowest BCUT2D eigenvalue weighted by Gasteiger charge is -2.18. The maximum absolute atomic E-state index is 12.6. The largest absolute Gasteiger partial charge is 0.339 e. The second-order valence-corrected chi connectivity index (χ2v) is 5.81. The van der Waals surface area contributed by atoms with E-state index in [0.717, 1.165) is 23.4 Å². The molecule has 102 valence electrons. The Morgan fingerprint density at radius 2 is 1.70 bits per heavy atom. The van der Waals surface area contributed by atoms with E-state index in [4.69, 9.17) is 0 Å². The maximum Gasteiger partial charge on any atom is 0.255 e. The molecular formula is C17H17NOS. The molecule has 1 heterocycles. The van der Waals surface area contributed by atoms with E-state index in [1.54, 1.807) is 11.3 Å². The minimum atomic E-state index is 0.132. The minimum absolute atomic E-state index is 0.132. The fourth-order valence-corrected chi connectivity index (χ4v) is 3.80. The minimum Gasteiger partial charge on any atom is -0.339 e. The van der Waals surface area contributed by atoms with Crippen LogP contribution in [0, 0.1) is 0 Å². The van der Waals surface area contributed by atoms with Gasteiger partial charge in [0.1, 0.15) is 0 Å². The van der Waals surface area contributed by atoms with Gasteiger partial charge in [-0.2, -0.15) is 0 Å². The van der Waals surface area contributed by atoms with Crippen LogP contribution in [0.4, 0.5) is 0 Å². The van der Waals surface area contributed by atoms with E-state index in [0.29, 0.717) is 0 Å². The van der Waals surface area contributed by atoms with Crippen molar-refractivity contribution in [2.24, 2.45) is 0 Å². The summed E-state index contributed by atoms with van der Waals surface area (Å²) in [6, 6.07) is 14.4. The fourth-order valence-electron chi connectivity index (χ4n) is 2.60. The summed E-state index contributed by atoms with van der Waals surface area (Å²) < 4.78 is 2.34. The predicted octanol–water partition coefficient (Wildman–Crippen LogP) is 4.54. The lowest BCUT2D eigenvalue weighted by atomic mass is 10.1. The smallest absolute Gasteiger partial charge is 0.255 e. The normalized spacial score (nSPS) is 11.1. The van der Waals surface area contributed by atoms with Gasteiger partial charge in [0, 0.05) is 33.3 Å². The first-order valence-corrected chi connectivity index (χ1v) is 7.77. The number of hydrogen-bond acceptors (Lipinski definition) is 2. The topological polar surface area (TPSA) is 20.3 Å². The van der Waals surface area contributed by atoms with Crippen molar-refractivity contribution in [3.8, 4) is 0 Å². The molecule has 2 nitrogen and oxygen atoms in total. The first kappa shape index (κ1) is 13.1. The molecule has 2 aromatic carbocycles. The molecule has 20 heavy (non-hydrogen) atoms. The quantitative estimate of drug-likeness (QED) is 0.691. The van der Waals surface area contributed by atoms with Crippen LogP contribution >= 0.6 is 11.3 Å². The van der Waals surface area contributed by atoms with Crippen molar-refractivity contribution in [1.82, 2.24) is 4.90 Å². The number of fused-ring (bicyclic) bond motifs is 3. The molecule has 0 unspecified atom stereocenters. The van der Waals surface area contributed by atoms with Crippen molar-refractivity contribution in [3.05, 3.63) is 48.0 Å². The number of amides is 1. The second kappa shape index (κ2) is 5.25. The maximum atomic E-state index is 12.6. The molecule has 3 rings (SSSR count). The number of nitrogens with zero attached hydrogens (tertiary/aromatic N) is 1. The lowest BCUT2D eigenvalue weighted by molar-refractivity contribution is 0.0775. The number of carbonyl (C=O) groups excluding carboxylic acids is 1. The van der Waals surface area contributed by atoms with Gasteiger partial charge in [0.2, 0.25) is 0 Å². The molecule has 3 aromatic rings. The molecule has 0 radical (unpaired) electrons. The highest BCUT2D eigenvalue weighted by molar-refractivity contribution is 7.26. The number of hydrogen-bond donors (Lipinski definition) is 0. The number of thiophene rings is 1. The third kappa shape index (κ3) is 1.98. The summed E-state index contributed by atoms with van der Waals surface area (Å²) in [5.74, 6) is 0.132. The summed E-state index contributed by atoms with van der Waals surface area (Å²) in [5, 5.41) is 2.42. The summed E-state index contributed by atoms with van der Waals surface area (Å²) in [7, 11) is 0. The molecule has 0 atom stereocenters. The Balaban J connectivity index is 2.24. The third-order valence-corrected chi connectivity index (χ3v) is 4.91. The highest BCUT2D eigenvalue weighted by Crippen LogP contribution is 2.35. The molecule has 0 aliphatic heterocycles. The molecule has 0 aliphatic carbocycles. The van der Waals surface area contributed by atoms with Crippen LogP contribution in [0.25, 0.3) is 20.2 Å². The molecule has 3 heteroatoms. The zero-order valence-electron chi connectivity index (χ0n) is 11.7. The third-order valence-electron chi connectivity index (χ3n) is 3.69. The number of carbonyl (C=O) groups is 1. The average Bonchev–Trinajstić information content (AvgIpc) is 2.87. The Morgan fingerprint density at radius 1 is 1.00 bits per heavy atom. The summed E-state index contributed by atoms with van der Waals surface area (Å²) in [6.07, 6.45) is 0. The Kier molecular flexibility index (Phi) is 3.45. The molecule has 0 N–H and O–H groups in total. The Hall–Kier alpha value is -1.87. The van der Waals surface area contributed by atoms with E-state index in [1.807, 2.05) is 43.0 Å². The summed E-state index contributed by atoms with van der Waals surface area (Å²) in [5.41, 5.74) is 0.826. The Labute approximate surface area is 122 Å². The zero-order valence-corrected chi connectivity index (χ0v) is 12.5. The van der Waals surface area contributed by atoms with Crippen LogP contribution in [0.1, 0.15) is 24.2 Å². The molecular weight excluding hydrogens is 266 g/mol. The van der Waals surface area contributed by atoms with Crippen LogP contribution in [0.5, 0.6) is 0 Å². The van der Waals surface area contributed by atoms with E-state index in [-0.39, 0.29) is 5.91 Å². The number of benzene rings is 2. The monoisotopic (exact) mass is 283 g/mol. The van der Waals surface area contributed by atoms with Crippen molar-refractivity contribution in [2.45, 2.75) is 13.8 Å². The first-order chi connectivity index (χ1) is 9.76. The molecule has 0 bridgehead atoms. The van der Waals surface area contributed by atoms with Gasteiger partial charge in [0.15, 0.2) is 0 Å². The van der Waals surface area contributed by atoms with Gasteiger partial charge in [-0.3, -0.25) is 4.79 Å². The van der Waals surface area contributed by atoms with E-state index in [1.165, 1.54) is 15.5 Å². The van der Waals surface area contributed by atoms with Crippen LogP contribution < -0.4 is 0 Å². The molecule has 0 saturated heterocycles. The SMILES string of the molecule is CCN(CC)C(=O)c1cccc2c1sc1ccccc12. The van der Waals surface area contributed by atoms with E-state index < -0.39 is 0 Å². The Morgan fingerprint density at radius 3 is 2.45 bits per heavy atom. The predicted molar refractivity (Wildman–Crippen MR) is 86.6 cm³/mol. The van der Waals surface area contributed by atoms with Crippen molar-refractivity contribution in [2.75, 3.05) is 13.1 Å². The van der Waals surface area contributed by atoms with Crippen LogP contribution in [-0.2, 0) is 0 Å². The van der Waals surface area contributed by atoms with Gasteiger partial charge < -0.3 is 4.90 Å². The molecule has 0 fully saturated rings. The van der Waals surface area contributed by atoms with Crippen molar-refractivity contribution < 1.29 is 4.79 Å². The average molecular weight is 283 g/mol. The van der Waals surface area contributed by atoms with Gasteiger partial charge in [-0.05, 0) is 26.0 Å². The van der Waals surface area contributed by atoms with Crippen LogP contribution in [-0.4, -0.2) is 23.9 Å². The van der Waals surface area contributed by atoms with Gasteiger partial charge in [-0.15, -0.1) is 11.3 Å². The highest BCUT2D eigenvalue weighted by Gasteiger charge is 2.17. The highest BCUT2D eigenvalue weighted by atomic mass is 32.1. The Bertz CT molecular complexity index is 771. The summed E-state index contributed by atoms with van der Waals surface area (Å²) in [4.78, 5) is 14.5. The first-order valence-electron chi connectivity index (χ1n) is 6.95. The second-order valence-electron chi connectivity index (χ2n) is 4.76. The van der Waals surface area contributed by atoms with E-state index in [2.05, 4.69) is 18.2 Å². The van der Waals surface area contributed by atoms with Crippen molar-refractivity contribution in [3.63, 3.8) is 0 Å². The van der Waals surface area contributed by atoms with Gasteiger partial charge in [0.05, 0.1) is 5.56 Å². The van der Waals surface area contributed by atoms with Crippen LogP contribution in [0.15, 0.2) is 42.5 Å². The van der Waals surface area contributed by atoms with Gasteiger partial charge in [0.25, 0.3) is 5.91 Å². The van der Waals surface area contributed by atoms with Gasteiger partial charge in [-0.1, -0.05) is 30.3 Å². The molecule has 1 aromatic heterocycles. The number of rotatable bonds is 3. The molecule has 0 saturated carbocycles. The van der Waals surface area contributed by atoms with Crippen molar-refractivity contribution in [1.29, 1.82) is 0 Å². The standard InChI is InChI=1S/C17H17NOS/c1-3-18(4-2)17(19)14-10-7-9-13-12-8-5-6-11-15(12)20-16(13)14/h5-11H,3-4H2,1-2H3. The van der Waals surface area contributed by atoms with E-state index in [9.17, 15) is 4.79 Å². The fraction of sp³-hybridized carbons (Fsp3) is 0.235. The molecule has 1 amide bonds. The van der Waals surface area contributed by atoms with Crippen molar-refractivity contribution >= 4 is 37.4 Å². The lowest BCUT2D eigenvalue weighted by Crippen LogP contribution is -2.30. The van der Waals surface area contributed by atoms with E-state index >= 15 is 0 Å². The van der Waals surface area contributed by atoms with Crippen LogP contribution in [0.2, 0.25) is 0 Å².